The fraction of sp³-hybridized carbons (Fsp3) is 0.786. The zero-order valence-corrected chi connectivity index (χ0v) is 12.0. The lowest BCUT2D eigenvalue weighted by Gasteiger charge is -2.23. The maximum Gasteiger partial charge on any atom is 0.122 e. The number of hydrogen-bond acceptors (Lipinski definition) is 3. The highest BCUT2D eigenvalue weighted by Crippen LogP contribution is 2.17. The molecule has 0 radical (unpaired) electrons. The second-order valence-corrected chi connectivity index (χ2v) is 5.33. The van der Waals surface area contributed by atoms with Crippen molar-refractivity contribution >= 4 is 0 Å². The molecule has 2 heterocycles. The van der Waals surface area contributed by atoms with E-state index in [0.717, 1.165) is 19.0 Å². The highest BCUT2D eigenvalue weighted by Gasteiger charge is 2.23. The molecule has 0 aromatic carbocycles. The van der Waals surface area contributed by atoms with Crippen LogP contribution in [0.2, 0.25) is 0 Å². The molecule has 0 N–H and O–H groups in total. The van der Waals surface area contributed by atoms with Gasteiger partial charge in [0.05, 0.1) is 6.54 Å². The lowest BCUT2D eigenvalue weighted by atomic mass is 10.1. The van der Waals surface area contributed by atoms with Gasteiger partial charge in [-0.05, 0) is 32.0 Å². The third kappa shape index (κ3) is 3.33. The number of aromatic nitrogens is 2. The third-order valence-electron chi connectivity index (χ3n) is 4.07. The predicted octanol–water partition coefficient (Wildman–Crippen LogP) is 1.58. The summed E-state index contributed by atoms with van der Waals surface area (Å²) in [6.45, 7) is 11.5. The van der Waals surface area contributed by atoms with E-state index in [4.69, 9.17) is 0 Å². The Labute approximate surface area is 111 Å². The van der Waals surface area contributed by atoms with E-state index >= 15 is 0 Å². The summed E-state index contributed by atoms with van der Waals surface area (Å²) in [6, 6.07) is 0. The van der Waals surface area contributed by atoms with E-state index in [9.17, 15) is 0 Å². The van der Waals surface area contributed by atoms with Crippen molar-refractivity contribution in [3.05, 3.63) is 18.2 Å². The molecule has 2 rings (SSSR count). The van der Waals surface area contributed by atoms with E-state index in [2.05, 4.69) is 40.2 Å². The van der Waals surface area contributed by atoms with E-state index in [1.54, 1.807) is 0 Å². The van der Waals surface area contributed by atoms with E-state index in [0.29, 0.717) is 0 Å². The summed E-state index contributed by atoms with van der Waals surface area (Å²) >= 11 is 0. The van der Waals surface area contributed by atoms with Crippen LogP contribution >= 0.6 is 0 Å². The number of rotatable bonds is 6. The van der Waals surface area contributed by atoms with Crippen molar-refractivity contribution in [3.63, 3.8) is 0 Å². The molecule has 1 fully saturated rings. The molecule has 1 aromatic rings. The topological polar surface area (TPSA) is 24.3 Å². The van der Waals surface area contributed by atoms with Gasteiger partial charge in [-0.3, -0.25) is 4.90 Å². The van der Waals surface area contributed by atoms with Crippen molar-refractivity contribution in [1.29, 1.82) is 0 Å². The Bertz CT molecular complexity index is 360. The molecule has 1 unspecified atom stereocenters. The van der Waals surface area contributed by atoms with Crippen LogP contribution in [-0.2, 0) is 13.6 Å². The quantitative estimate of drug-likeness (QED) is 0.766. The minimum Gasteiger partial charge on any atom is -0.337 e. The fourth-order valence-electron chi connectivity index (χ4n) is 2.77. The number of imidazole rings is 1. The van der Waals surface area contributed by atoms with E-state index in [1.807, 2.05) is 12.4 Å². The number of hydrogen-bond donors (Lipinski definition) is 0. The maximum atomic E-state index is 4.42. The normalized spacial score (nSPS) is 21.0. The van der Waals surface area contributed by atoms with Gasteiger partial charge in [0.25, 0.3) is 0 Å². The molecule has 0 saturated carbocycles. The van der Waals surface area contributed by atoms with Gasteiger partial charge in [-0.25, -0.2) is 4.98 Å². The van der Waals surface area contributed by atoms with Crippen LogP contribution in [0, 0.1) is 5.92 Å². The fourth-order valence-corrected chi connectivity index (χ4v) is 2.77. The number of aryl methyl sites for hydroxylation is 1. The number of likely N-dealkylation sites (tertiary alicyclic amines) is 1. The first-order chi connectivity index (χ1) is 8.72. The summed E-state index contributed by atoms with van der Waals surface area (Å²) in [4.78, 5) is 9.49. The van der Waals surface area contributed by atoms with Crippen LogP contribution in [0.15, 0.2) is 12.4 Å². The Morgan fingerprint density at radius 2 is 2.28 bits per heavy atom. The summed E-state index contributed by atoms with van der Waals surface area (Å²) < 4.78 is 2.12. The molecular weight excluding hydrogens is 224 g/mol. The van der Waals surface area contributed by atoms with Crippen molar-refractivity contribution in [1.82, 2.24) is 19.4 Å². The van der Waals surface area contributed by atoms with Crippen LogP contribution in [0.3, 0.4) is 0 Å². The molecule has 4 heteroatoms. The molecule has 1 aromatic heterocycles. The molecule has 0 bridgehead atoms. The van der Waals surface area contributed by atoms with Crippen molar-refractivity contribution in [2.75, 3.05) is 32.7 Å². The lowest BCUT2D eigenvalue weighted by molar-refractivity contribution is 0.223. The summed E-state index contributed by atoms with van der Waals surface area (Å²) in [6.07, 6.45) is 5.26. The zero-order chi connectivity index (χ0) is 13.0. The van der Waals surface area contributed by atoms with Gasteiger partial charge in [0.15, 0.2) is 0 Å². The minimum atomic E-state index is 0.838. The third-order valence-corrected chi connectivity index (χ3v) is 4.07. The van der Waals surface area contributed by atoms with Crippen molar-refractivity contribution < 1.29 is 0 Å². The zero-order valence-electron chi connectivity index (χ0n) is 12.0. The molecule has 0 amide bonds. The Hall–Kier alpha value is -0.870. The molecule has 1 aliphatic heterocycles. The monoisotopic (exact) mass is 250 g/mol. The van der Waals surface area contributed by atoms with Gasteiger partial charge in [-0.15, -0.1) is 0 Å². The first kappa shape index (κ1) is 13.6. The molecule has 0 spiro atoms. The summed E-state index contributed by atoms with van der Waals surface area (Å²) in [5.41, 5.74) is 0. The second-order valence-electron chi connectivity index (χ2n) is 5.33. The van der Waals surface area contributed by atoms with Gasteiger partial charge >= 0.3 is 0 Å². The Morgan fingerprint density at radius 3 is 2.83 bits per heavy atom. The molecule has 102 valence electrons. The van der Waals surface area contributed by atoms with Gasteiger partial charge < -0.3 is 9.47 Å². The largest absolute Gasteiger partial charge is 0.337 e. The van der Waals surface area contributed by atoms with Crippen LogP contribution in [0.5, 0.6) is 0 Å². The van der Waals surface area contributed by atoms with Gasteiger partial charge in [0.1, 0.15) is 5.82 Å². The minimum absolute atomic E-state index is 0.838. The van der Waals surface area contributed by atoms with Crippen LogP contribution in [0.25, 0.3) is 0 Å². The molecule has 1 atom stereocenters. The van der Waals surface area contributed by atoms with Crippen LogP contribution in [0.4, 0.5) is 0 Å². The summed E-state index contributed by atoms with van der Waals surface area (Å²) in [7, 11) is 2.07. The van der Waals surface area contributed by atoms with E-state index in [-0.39, 0.29) is 0 Å². The van der Waals surface area contributed by atoms with Crippen LogP contribution in [0.1, 0.15) is 26.1 Å². The van der Waals surface area contributed by atoms with Crippen LogP contribution in [-0.4, -0.2) is 52.1 Å². The highest BCUT2D eigenvalue weighted by atomic mass is 15.2. The van der Waals surface area contributed by atoms with Gasteiger partial charge in [-0.2, -0.15) is 0 Å². The molecular formula is C14H26N4. The van der Waals surface area contributed by atoms with Gasteiger partial charge in [-0.1, -0.05) is 13.8 Å². The average molecular weight is 250 g/mol. The standard InChI is InChI=1S/C14H26N4/c1-4-17-8-6-13(10-17)11-18(5-2)12-14-15-7-9-16(14)3/h7,9,13H,4-6,8,10-12H2,1-3H3. The number of nitrogens with zero attached hydrogens (tertiary/aromatic N) is 4. The molecule has 4 nitrogen and oxygen atoms in total. The smallest absolute Gasteiger partial charge is 0.122 e. The lowest BCUT2D eigenvalue weighted by Crippen LogP contribution is -2.31. The Morgan fingerprint density at radius 1 is 1.44 bits per heavy atom. The first-order valence-corrected chi connectivity index (χ1v) is 7.13. The van der Waals surface area contributed by atoms with Crippen molar-refractivity contribution in [3.8, 4) is 0 Å². The van der Waals surface area contributed by atoms with Crippen molar-refractivity contribution in [2.45, 2.75) is 26.8 Å². The Balaban J connectivity index is 1.84. The summed E-state index contributed by atoms with van der Waals surface area (Å²) in [5, 5.41) is 0. The average Bonchev–Trinajstić information content (AvgIpc) is 2.98. The SMILES string of the molecule is CCN1CCC(CN(CC)Cc2nccn2C)C1. The van der Waals surface area contributed by atoms with Crippen LogP contribution < -0.4 is 0 Å². The van der Waals surface area contributed by atoms with Gasteiger partial charge in [0.2, 0.25) is 0 Å². The second kappa shape index (κ2) is 6.34. The highest BCUT2D eigenvalue weighted by molar-refractivity contribution is 4.91. The Kier molecular flexibility index (Phi) is 4.78. The van der Waals surface area contributed by atoms with Crippen molar-refractivity contribution in [2.24, 2.45) is 13.0 Å². The predicted molar refractivity (Wildman–Crippen MR) is 74.4 cm³/mol. The first-order valence-electron chi connectivity index (χ1n) is 7.13. The molecule has 1 saturated heterocycles. The van der Waals surface area contributed by atoms with Gasteiger partial charge in [0, 0.05) is 32.5 Å². The molecule has 18 heavy (non-hydrogen) atoms. The van der Waals surface area contributed by atoms with E-state index < -0.39 is 0 Å². The molecule has 0 aliphatic carbocycles. The maximum absolute atomic E-state index is 4.42. The summed E-state index contributed by atoms with van der Waals surface area (Å²) in [5.74, 6) is 2.01. The van der Waals surface area contributed by atoms with E-state index in [1.165, 1.54) is 38.4 Å². The molecule has 1 aliphatic rings.